The zero-order chi connectivity index (χ0) is 16.4. The Bertz CT molecular complexity index is 556. The van der Waals surface area contributed by atoms with Crippen LogP contribution in [0.4, 0.5) is 18.9 Å². The quantitative estimate of drug-likeness (QED) is 0.796. The summed E-state index contributed by atoms with van der Waals surface area (Å²) in [5, 5.41) is 11.0. The number of hydrogen-bond donors (Lipinski definition) is 3. The van der Waals surface area contributed by atoms with Crippen molar-refractivity contribution in [1.29, 1.82) is 0 Å². The molecule has 5 nitrogen and oxygen atoms in total. The fourth-order valence-corrected chi connectivity index (χ4v) is 1.52. The van der Waals surface area contributed by atoms with Crippen LogP contribution in [0.5, 0.6) is 0 Å². The molecule has 1 amide bonds. The smallest absolute Gasteiger partial charge is 0.416 e. The molecule has 0 saturated heterocycles. The number of carbonyl (C=O) groups excluding carboxylic acids is 1. The second kappa shape index (κ2) is 6.13. The van der Waals surface area contributed by atoms with Crippen molar-refractivity contribution in [3.63, 3.8) is 0 Å². The summed E-state index contributed by atoms with van der Waals surface area (Å²) in [6.45, 7) is 3.36. The van der Waals surface area contributed by atoms with Gasteiger partial charge in [-0.1, -0.05) is 13.8 Å². The van der Waals surface area contributed by atoms with Crippen molar-refractivity contribution in [2.45, 2.75) is 26.1 Å². The highest BCUT2D eigenvalue weighted by atomic mass is 19.4. The molecule has 8 heteroatoms. The van der Waals surface area contributed by atoms with Gasteiger partial charge in [-0.05, 0) is 24.1 Å². The largest absolute Gasteiger partial charge is 0.478 e. The third-order valence-electron chi connectivity index (χ3n) is 2.80. The molecule has 0 heterocycles. The Morgan fingerprint density at radius 3 is 2.24 bits per heavy atom. The van der Waals surface area contributed by atoms with E-state index in [0.29, 0.717) is 12.1 Å². The minimum absolute atomic E-state index is 0.213. The predicted octanol–water partition coefficient (Wildman–Crippen LogP) is 2.33. The lowest BCUT2D eigenvalue weighted by Gasteiger charge is -2.16. The van der Waals surface area contributed by atoms with Crippen LogP contribution in [0.15, 0.2) is 18.2 Å². The SMILES string of the molecule is CC(C)[C@H](N)C(=O)Nc1cc(C(=O)O)cc(C(F)(F)F)c1. The number of anilines is 1. The zero-order valence-corrected chi connectivity index (χ0v) is 11.4. The van der Waals surface area contributed by atoms with E-state index in [2.05, 4.69) is 5.32 Å². The molecule has 0 radical (unpaired) electrons. The monoisotopic (exact) mass is 304 g/mol. The molecule has 0 aromatic heterocycles. The number of carbonyl (C=O) groups is 2. The summed E-state index contributed by atoms with van der Waals surface area (Å²) in [6, 6.07) is 1.20. The van der Waals surface area contributed by atoms with Crippen molar-refractivity contribution in [3.05, 3.63) is 29.3 Å². The van der Waals surface area contributed by atoms with Crippen molar-refractivity contribution in [1.82, 2.24) is 0 Å². The maximum atomic E-state index is 12.7. The summed E-state index contributed by atoms with van der Waals surface area (Å²) >= 11 is 0. The third kappa shape index (κ3) is 4.45. The number of halogens is 3. The van der Waals surface area contributed by atoms with Gasteiger partial charge in [0.1, 0.15) is 0 Å². The Morgan fingerprint density at radius 2 is 1.81 bits per heavy atom. The first-order chi connectivity index (χ1) is 9.52. The molecule has 1 aromatic rings. The molecule has 0 saturated carbocycles. The first-order valence-corrected chi connectivity index (χ1v) is 6.04. The molecule has 0 unspecified atom stereocenters. The summed E-state index contributed by atoms with van der Waals surface area (Å²) in [7, 11) is 0. The van der Waals surface area contributed by atoms with Gasteiger partial charge in [-0.25, -0.2) is 4.79 Å². The normalized spacial score (nSPS) is 13.1. The van der Waals surface area contributed by atoms with E-state index in [9.17, 15) is 22.8 Å². The second-order valence-corrected chi connectivity index (χ2v) is 4.86. The van der Waals surface area contributed by atoms with Crippen LogP contribution in [0.25, 0.3) is 0 Å². The summed E-state index contributed by atoms with van der Waals surface area (Å²) in [5.74, 6) is -2.42. The van der Waals surface area contributed by atoms with Crippen molar-refractivity contribution in [2.24, 2.45) is 11.7 Å². The van der Waals surface area contributed by atoms with Crippen molar-refractivity contribution in [2.75, 3.05) is 5.32 Å². The molecule has 0 aliphatic rings. The number of benzene rings is 1. The Labute approximate surface area is 118 Å². The highest BCUT2D eigenvalue weighted by molar-refractivity contribution is 5.96. The molecule has 1 aromatic carbocycles. The van der Waals surface area contributed by atoms with Crippen LogP contribution in [-0.4, -0.2) is 23.0 Å². The Morgan fingerprint density at radius 1 is 1.24 bits per heavy atom. The van der Waals surface area contributed by atoms with Crippen LogP contribution in [0.1, 0.15) is 29.8 Å². The van der Waals surface area contributed by atoms with Crippen LogP contribution in [-0.2, 0) is 11.0 Å². The third-order valence-corrected chi connectivity index (χ3v) is 2.80. The molecule has 0 aliphatic heterocycles. The Hall–Kier alpha value is -2.09. The number of amides is 1. The van der Waals surface area contributed by atoms with E-state index in [0.717, 1.165) is 6.07 Å². The molecular formula is C13H15F3N2O3. The lowest BCUT2D eigenvalue weighted by atomic mass is 10.0. The molecule has 116 valence electrons. The van der Waals surface area contributed by atoms with E-state index in [-0.39, 0.29) is 11.6 Å². The maximum Gasteiger partial charge on any atom is 0.416 e. The zero-order valence-electron chi connectivity index (χ0n) is 11.4. The van der Waals surface area contributed by atoms with Gasteiger partial charge < -0.3 is 16.2 Å². The molecule has 21 heavy (non-hydrogen) atoms. The summed E-state index contributed by atoms with van der Waals surface area (Å²) in [6.07, 6.45) is -4.72. The number of nitrogens with two attached hydrogens (primary N) is 1. The lowest BCUT2D eigenvalue weighted by Crippen LogP contribution is -2.39. The Kier molecular flexibility index (Phi) is 4.95. The van der Waals surface area contributed by atoms with Crippen LogP contribution < -0.4 is 11.1 Å². The van der Waals surface area contributed by atoms with Crippen LogP contribution in [0.3, 0.4) is 0 Å². The van der Waals surface area contributed by atoms with E-state index in [1.54, 1.807) is 13.8 Å². The highest BCUT2D eigenvalue weighted by Gasteiger charge is 2.32. The van der Waals surface area contributed by atoms with Gasteiger partial charge in [-0.15, -0.1) is 0 Å². The van der Waals surface area contributed by atoms with E-state index in [1.165, 1.54) is 0 Å². The van der Waals surface area contributed by atoms with Crippen molar-refractivity contribution in [3.8, 4) is 0 Å². The Balaban J connectivity index is 3.15. The van der Waals surface area contributed by atoms with E-state index >= 15 is 0 Å². The standard InChI is InChI=1S/C13H15F3N2O3/c1-6(2)10(17)11(19)18-9-4-7(12(20)21)3-8(5-9)13(14,15)16/h3-6,10H,17H2,1-2H3,(H,18,19)(H,20,21)/t10-/m0/s1. The van der Waals surface area contributed by atoms with Gasteiger partial charge in [-0.3, -0.25) is 4.79 Å². The molecular weight excluding hydrogens is 289 g/mol. The van der Waals surface area contributed by atoms with E-state index in [4.69, 9.17) is 10.8 Å². The van der Waals surface area contributed by atoms with Crippen LogP contribution in [0, 0.1) is 5.92 Å². The number of nitrogens with one attached hydrogen (secondary N) is 1. The van der Waals surface area contributed by atoms with Crippen LogP contribution in [0.2, 0.25) is 0 Å². The van der Waals surface area contributed by atoms with Crippen molar-refractivity contribution < 1.29 is 27.9 Å². The molecule has 0 aliphatic carbocycles. The molecule has 0 bridgehead atoms. The molecule has 1 rings (SSSR count). The van der Waals surface area contributed by atoms with Gasteiger partial charge >= 0.3 is 12.1 Å². The van der Waals surface area contributed by atoms with E-state index in [1.807, 2.05) is 0 Å². The predicted molar refractivity (Wildman–Crippen MR) is 69.8 cm³/mol. The van der Waals surface area contributed by atoms with Gasteiger partial charge in [0, 0.05) is 5.69 Å². The molecule has 1 atom stereocenters. The average molecular weight is 304 g/mol. The van der Waals surface area contributed by atoms with Crippen LogP contribution >= 0.6 is 0 Å². The fourth-order valence-electron chi connectivity index (χ4n) is 1.52. The highest BCUT2D eigenvalue weighted by Crippen LogP contribution is 2.32. The number of carboxylic acid groups (broad SMARTS) is 1. The minimum Gasteiger partial charge on any atom is -0.478 e. The number of aromatic carboxylic acids is 1. The van der Waals surface area contributed by atoms with Gasteiger partial charge in [-0.2, -0.15) is 13.2 Å². The number of carboxylic acids is 1. The number of rotatable bonds is 4. The summed E-state index contributed by atoms with van der Waals surface area (Å²) in [4.78, 5) is 22.6. The number of alkyl halides is 3. The van der Waals surface area contributed by atoms with Gasteiger partial charge in [0.05, 0.1) is 17.2 Å². The first kappa shape index (κ1) is 17.0. The summed E-state index contributed by atoms with van der Waals surface area (Å²) in [5.41, 5.74) is 3.59. The maximum absolute atomic E-state index is 12.7. The lowest BCUT2D eigenvalue weighted by molar-refractivity contribution is -0.137. The molecule has 4 N–H and O–H groups in total. The summed E-state index contributed by atoms with van der Waals surface area (Å²) < 4.78 is 38.1. The fraction of sp³-hybridized carbons (Fsp3) is 0.385. The van der Waals surface area contributed by atoms with Gasteiger partial charge in [0.25, 0.3) is 0 Å². The van der Waals surface area contributed by atoms with Gasteiger partial charge in [0.15, 0.2) is 0 Å². The first-order valence-electron chi connectivity index (χ1n) is 6.04. The second-order valence-electron chi connectivity index (χ2n) is 4.86. The van der Waals surface area contributed by atoms with Gasteiger partial charge in [0.2, 0.25) is 5.91 Å². The number of hydrogen-bond acceptors (Lipinski definition) is 3. The topological polar surface area (TPSA) is 92.4 Å². The molecule has 0 fully saturated rings. The minimum atomic E-state index is -4.72. The van der Waals surface area contributed by atoms with Crippen molar-refractivity contribution >= 4 is 17.6 Å². The average Bonchev–Trinajstić information content (AvgIpc) is 2.36. The van der Waals surface area contributed by atoms with E-state index < -0.39 is 35.2 Å². The molecule has 0 spiro atoms.